The molecule has 26 heavy (non-hydrogen) atoms. The third kappa shape index (κ3) is 3.20. The number of nitrogens with zero attached hydrogens (tertiary/aromatic N) is 4. The first kappa shape index (κ1) is 16.7. The number of fused-ring (bicyclic) bond motifs is 1. The van der Waals surface area contributed by atoms with E-state index in [1.54, 1.807) is 7.11 Å². The third-order valence-electron chi connectivity index (χ3n) is 4.93. The van der Waals surface area contributed by atoms with Gasteiger partial charge in [-0.15, -0.1) is 10.2 Å². The van der Waals surface area contributed by atoms with Crippen molar-refractivity contribution in [1.82, 2.24) is 19.5 Å². The van der Waals surface area contributed by atoms with Gasteiger partial charge >= 0.3 is 0 Å². The Hall–Kier alpha value is -2.73. The fourth-order valence-corrected chi connectivity index (χ4v) is 3.60. The molecule has 3 aromatic rings. The fraction of sp³-hybridized carbons (Fsp3) is 0.350. The Kier molecular flexibility index (Phi) is 4.67. The number of amides is 1. The quantitative estimate of drug-likeness (QED) is 0.726. The van der Waals surface area contributed by atoms with Crippen LogP contribution in [0.25, 0.3) is 5.65 Å². The molecule has 0 radical (unpaired) electrons. The SMILES string of the molecule is COCc1ccc(C(=O)N2CCC[C@H](c3nnc4ccccn34)C2)cc1. The van der Waals surface area contributed by atoms with Crippen molar-refractivity contribution in [2.45, 2.75) is 25.4 Å². The van der Waals surface area contributed by atoms with Crippen molar-refractivity contribution in [1.29, 1.82) is 0 Å². The molecule has 0 bridgehead atoms. The second-order valence-electron chi connectivity index (χ2n) is 6.71. The van der Waals surface area contributed by atoms with Crippen LogP contribution >= 0.6 is 0 Å². The van der Waals surface area contributed by atoms with E-state index in [1.165, 1.54) is 0 Å². The van der Waals surface area contributed by atoms with Crippen LogP contribution in [0.4, 0.5) is 0 Å². The summed E-state index contributed by atoms with van der Waals surface area (Å²) in [4.78, 5) is 14.8. The molecule has 1 aromatic carbocycles. The maximum Gasteiger partial charge on any atom is 0.253 e. The zero-order chi connectivity index (χ0) is 17.9. The lowest BCUT2D eigenvalue weighted by molar-refractivity contribution is 0.0704. The second kappa shape index (κ2) is 7.25. The van der Waals surface area contributed by atoms with Crippen LogP contribution in [0.3, 0.4) is 0 Å². The molecule has 1 fully saturated rings. The van der Waals surface area contributed by atoms with Gasteiger partial charge < -0.3 is 9.64 Å². The molecular formula is C20H22N4O2. The molecule has 0 aliphatic carbocycles. The summed E-state index contributed by atoms with van der Waals surface area (Å²) in [5, 5.41) is 8.63. The highest BCUT2D eigenvalue weighted by atomic mass is 16.5. The highest BCUT2D eigenvalue weighted by Crippen LogP contribution is 2.27. The molecule has 1 aliphatic heterocycles. The van der Waals surface area contributed by atoms with Crippen LogP contribution in [-0.2, 0) is 11.3 Å². The van der Waals surface area contributed by atoms with Crippen molar-refractivity contribution in [3.8, 4) is 0 Å². The van der Waals surface area contributed by atoms with Crippen LogP contribution in [0.5, 0.6) is 0 Å². The fourth-order valence-electron chi connectivity index (χ4n) is 3.60. The highest BCUT2D eigenvalue weighted by Gasteiger charge is 2.28. The van der Waals surface area contributed by atoms with E-state index in [4.69, 9.17) is 4.74 Å². The predicted octanol–water partition coefficient (Wildman–Crippen LogP) is 2.90. The zero-order valence-electron chi connectivity index (χ0n) is 14.8. The largest absolute Gasteiger partial charge is 0.380 e. The molecular weight excluding hydrogens is 328 g/mol. The van der Waals surface area contributed by atoms with E-state index in [9.17, 15) is 4.79 Å². The minimum Gasteiger partial charge on any atom is -0.380 e. The van der Waals surface area contributed by atoms with Crippen LogP contribution in [0, 0.1) is 0 Å². The Morgan fingerprint density at radius 2 is 2.04 bits per heavy atom. The van der Waals surface area contributed by atoms with Crippen LogP contribution < -0.4 is 0 Å². The number of hydrogen-bond acceptors (Lipinski definition) is 4. The van der Waals surface area contributed by atoms with Crippen molar-refractivity contribution < 1.29 is 9.53 Å². The Balaban J connectivity index is 1.52. The van der Waals surface area contributed by atoms with Gasteiger partial charge in [0.05, 0.1) is 6.61 Å². The van der Waals surface area contributed by atoms with Gasteiger partial charge in [0.1, 0.15) is 5.82 Å². The lowest BCUT2D eigenvalue weighted by atomic mass is 9.96. The average molecular weight is 350 g/mol. The number of carbonyl (C=O) groups is 1. The number of carbonyl (C=O) groups excluding carboxylic acids is 1. The minimum absolute atomic E-state index is 0.0764. The predicted molar refractivity (Wildman–Crippen MR) is 98.0 cm³/mol. The number of rotatable bonds is 4. The Morgan fingerprint density at radius 3 is 2.85 bits per heavy atom. The van der Waals surface area contributed by atoms with E-state index >= 15 is 0 Å². The van der Waals surface area contributed by atoms with Gasteiger partial charge in [-0.2, -0.15) is 0 Å². The molecule has 134 valence electrons. The number of benzene rings is 1. The number of likely N-dealkylation sites (tertiary alicyclic amines) is 1. The maximum atomic E-state index is 12.9. The van der Waals surface area contributed by atoms with Gasteiger partial charge in [-0.05, 0) is 42.7 Å². The molecule has 4 rings (SSSR count). The molecule has 1 atom stereocenters. The van der Waals surface area contributed by atoms with Crippen LogP contribution in [0.2, 0.25) is 0 Å². The van der Waals surface area contributed by atoms with Gasteiger partial charge in [0, 0.05) is 37.9 Å². The van der Waals surface area contributed by atoms with Crippen molar-refractivity contribution in [3.63, 3.8) is 0 Å². The van der Waals surface area contributed by atoms with Gasteiger partial charge in [0.2, 0.25) is 0 Å². The van der Waals surface area contributed by atoms with E-state index in [0.717, 1.165) is 42.0 Å². The summed E-state index contributed by atoms with van der Waals surface area (Å²) in [6, 6.07) is 13.5. The number of pyridine rings is 1. The summed E-state index contributed by atoms with van der Waals surface area (Å²) in [5.74, 6) is 1.22. The molecule has 0 saturated carbocycles. The van der Waals surface area contributed by atoms with Crippen LogP contribution in [0.15, 0.2) is 48.7 Å². The minimum atomic E-state index is 0.0764. The molecule has 6 nitrogen and oxygen atoms in total. The summed E-state index contributed by atoms with van der Waals surface area (Å²) in [6.45, 7) is 2.01. The van der Waals surface area contributed by atoms with Crippen molar-refractivity contribution in [3.05, 3.63) is 65.6 Å². The van der Waals surface area contributed by atoms with E-state index in [1.807, 2.05) is 58.0 Å². The molecule has 2 aromatic heterocycles. The number of aromatic nitrogens is 3. The Labute approximate surface area is 152 Å². The molecule has 6 heteroatoms. The van der Waals surface area contributed by atoms with Crippen LogP contribution in [-0.4, -0.2) is 45.6 Å². The second-order valence-corrected chi connectivity index (χ2v) is 6.71. The summed E-state index contributed by atoms with van der Waals surface area (Å²) in [6.07, 6.45) is 3.98. The molecule has 1 amide bonds. The lowest BCUT2D eigenvalue weighted by Gasteiger charge is -2.32. The van der Waals surface area contributed by atoms with Gasteiger partial charge in [-0.1, -0.05) is 18.2 Å². The number of methoxy groups -OCH3 is 1. The van der Waals surface area contributed by atoms with Crippen LogP contribution in [0.1, 0.15) is 40.5 Å². The lowest BCUT2D eigenvalue weighted by Crippen LogP contribution is -2.39. The first-order chi connectivity index (χ1) is 12.8. The highest BCUT2D eigenvalue weighted by molar-refractivity contribution is 5.94. The third-order valence-corrected chi connectivity index (χ3v) is 4.93. The van der Waals surface area contributed by atoms with E-state index in [0.29, 0.717) is 13.2 Å². The van der Waals surface area contributed by atoms with Crippen molar-refractivity contribution in [2.24, 2.45) is 0 Å². The molecule has 0 spiro atoms. The van der Waals surface area contributed by atoms with E-state index in [-0.39, 0.29) is 11.8 Å². The molecule has 1 aliphatic rings. The maximum absolute atomic E-state index is 12.9. The normalized spacial score (nSPS) is 17.6. The average Bonchev–Trinajstić information content (AvgIpc) is 3.13. The molecule has 0 N–H and O–H groups in total. The van der Waals surface area contributed by atoms with Gasteiger partial charge in [0.25, 0.3) is 5.91 Å². The summed E-state index contributed by atoms with van der Waals surface area (Å²) >= 11 is 0. The summed E-state index contributed by atoms with van der Waals surface area (Å²) < 4.78 is 7.15. The monoisotopic (exact) mass is 350 g/mol. The molecule has 1 saturated heterocycles. The standard InChI is InChI=1S/C20H22N4O2/c1-26-14-15-7-9-16(10-8-15)20(25)23-11-4-5-17(13-23)19-22-21-18-6-2-3-12-24(18)19/h2-3,6-10,12,17H,4-5,11,13-14H2,1H3/t17-/m0/s1. The topological polar surface area (TPSA) is 59.7 Å². The van der Waals surface area contributed by atoms with Gasteiger partial charge in [-0.3, -0.25) is 9.20 Å². The van der Waals surface area contributed by atoms with Gasteiger partial charge in [0.15, 0.2) is 5.65 Å². The zero-order valence-corrected chi connectivity index (χ0v) is 14.8. The first-order valence-corrected chi connectivity index (χ1v) is 8.93. The number of piperidine rings is 1. The molecule has 3 heterocycles. The summed E-state index contributed by atoms with van der Waals surface area (Å²) in [5.41, 5.74) is 2.63. The smallest absolute Gasteiger partial charge is 0.253 e. The van der Waals surface area contributed by atoms with E-state index < -0.39 is 0 Å². The first-order valence-electron chi connectivity index (χ1n) is 8.93. The Bertz CT molecular complexity index is 904. The van der Waals surface area contributed by atoms with Crippen molar-refractivity contribution in [2.75, 3.05) is 20.2 Å². The number of ether oxygens (including phenoxy) is 1. The van der Waals surface area contributed by atoms with E-state index in [2.05, 4.69) is 10.2 Å². The molecule has 0 unspecified atom stereocenters. The summed E-state index contributed by atoms with van der Waals surface area (Å²) in [7, 11) is 1.67. The van der Waals surface area contributed by atoms with Gasteiger partial charge in [-0.25, -0.2) is 0 Å². The number of hydrogen-bond donors (Lipinski definition) is 0. The Morgan fingerprint density at radius 1 is 1.19 bits per heavy atom. The van der Waals surface area contributed by atoms with Crippen molar-refractivity contribution >= 4 is 11.6 Å².